The van der Waals surface area contributed by atoms with Gasteiger partial charge in [0.15, 0.2) is 5.76 Å². The molecule has 0 aliphatic heterocycles. The van der Waals surface area contributed by atoms with Gasteiger partial charge >= 0.3 is 0 Å². The summed E-state index contributed by atoms with van der Waals surface area (Å²) in [5.74, 6) is -0.0794. The van der Waals surface area contributed by atoms with Crippen LogP contribution >= 0.6 is 11.3 Å². The van der Waals surface area contributed by atoms with Crippen molar-refractivity contribution in [1.82, 2.24) is 5.32 Å². The maximum absolute atomic E-state index is 11.9. The maximum atomic E-state index is 11.9. The quantitative estimate of drug-likeness (QED) is 0.722. The van der Waals surface area contributed by atoms with Crippen molar-refractivity contribution in [2.45, 2.75) is 13.0 Å². The zero-order valence-electron chi connectivity index (χ0n) is 12.8. The molecule has 0 atom stereocenters. The van der Waals surface area contributed by atoms with Gasteiger partial charge in [0.2, 0.25) is 5.91 Å². The van der Waals surface area contributed by atoms with Gasteiger partial charge in [-0.25, -0.2) is 0 Å². The van der Waals surface area contributed by atoms with Crippen LogP contribution in [-0.2, 0) is 17.8 Å². The van der Waals surface area contributed by atoms with E-state index in [-0.39, 0.29) is 17.6 Å². The van der Waals surface area contributed by atoms with Gasteiger partial charge in [0.25, 0.3) is 5.91 Å². The molecule has 0 bridgehead atoms. The molecule has 3 aromatic rings. The van der Waals surface area contributed by atoms with Crippen LogP contribution in [0.15, 0.2) is 64.6 Å². The Bertz CT molecular complexity index is 793. The second kappa shape index (κ2) is 7.61. The van der Waals surface area contributed by atoms with Crippen LogP contribution < -0.4 is 10.6 Å². The monoisotopic (exact) mass is 340 g/mol. The van der Waals surface area contributed by atoms with E-state index in [0.717, 1.165) is 10.4 Å². The zero-order chi connectivity index (χ0) is 16.8. The Morgan fingerprint density at radius 2 is 1.88 bits per heavy atom. The molecule has 0 saturated heterocycles. The third-order valence-corrected chi connectivity index (χ3v) is 4.24. The van der Waals surface area contributed by atoms with Crippen molar-refractivity contribution >= 4 is 28.8 Å². The van der Waals surface area contributed by atoms with Crippen molar-refractivity contribution in [3.8, 4) is 0 Å². The van der Waals surface area contributed by atoms with Crippen molar-refractivity contribution in [2.75, 3.05) is 5.32 Å². The fourth-order valence-corrected chi connectivity index (χ4v) is 2.80. The summed E-state index contributed by atoms with van der Waals surface area (Å²) in [6.07, 6.45) is 1.75. The molecule has 3 rings (SSSR count). The first-order valence-corrected chi connectivity index (χ1v) is 8.31. The highest BCUT2D eigenvalue weighted by Crippen LogP contribution is 2.13. The third kappa shape index (κ3) is 4.33. The van der Waals surface area contributed by atoms with Gasteiger partial charge in [0.05, 0.1) is 19.2 Å². The van der Waals surface area contributed by atoms with Crippen LogP contribution in [-0.4, -0.2) is 11.8 Å². The molecule has 24 heavy (non-hydrogen) atoms. The largest absolute Gasteiger partial charge is 0.459 e. The smallest absolute Gasteiger partial charge is 0.291 e. The van der Waals surface area contributed by atoms with Crippen LogP contribution in [0.3, 0.4) is 0 Å². The number of thiophene rings is 1. The molecule has 2 heterocycles. The van der Waals surface area contributed by atoms with Gasteiger partial charge < -0.3 is 15.1 Å². The molecular formula is C18H16N2O3S. The lowest BCUT2D eigenvalue weighted by Gasteiger charge is -2.06. The van der Waals surface area contributed by atoms with Gasteiger partial charge in [-0.05, 0) is 41.3 Å². The fraction of sp³-hybridized carbons (Fsp3) is 0.111. The van der Waals surface area contributed by atoms with Crippen LogP contribution in [0, 0.1) is 0 Å². The fourth-order valence-electron chi connectivity index (χ4n) is 2.15. The highest BCUT2D eigenvalue weighted by Gasteiger charge is 2.09. The van der Waals surface area contributed by atoms with Gasteiger partial charge in [-0.2, -0.15) is 0 Å². The summed E-state index contributed by atoms with van der Waals surface area (Å²) in [5.41, 5.74) is 1.54. The molecule has 0 saturated carbocycles. The molecular weight excluding hydrogens is 324 g/mol. The van der Waals surface area contributed by atoms with Crippen LogP contribution in [0.1, 0.15) is 21.0 Å². The predicted octanol–water partition coefficient (Wildman–Crippen LogP) is 3.45. The summed E-state index contributed by atoms with van der Waals surface area (Å²) < 4.78 is 5.04. The Kier molecular flexibility index (Phi) is 5.08. The number of furan rings is 1. The zero-order valence-corrected chi connectivity index (χ0v) is 13.6. The summed E-state index contributed by atoms with van der Waals surface area (Å²) in [6, 6.07) is 14.4. The number of benzene rings is 1. The van der Waals surface area contributed by atoms with E-state index in [9.17, 15) is 9.59 Å². The van der Waals surface area contributed by atoms with Crippen molar-refractivity contribution in [3.63, 3.8) is 0 Å². The molecule has 0 unspecified atom stereocenters. The lowest BCUT2D eigenvalue weighted by molar-refractivity contribution is -0.120. The molecule has 2 N–H and O–H groups in total. The minimum atomic E-state index is -0.304. The Morgan fingerprint density at radius 1 is 1.04 bits per heavy atom. The number of nitrogens with one attached hydrogen (secondary N) is 2. The normalized spacial score (nSPS) is 10.3. The van der Waals surface area contributed by atoms with E-state index in [4.69, 9.17) is 4.42 Å². The minimum Gasteiger partial charge on any atom is -0.459 e. The highest BCUT2D eigenvalue weighted by molar-refractivity contribution is 7.09. The third-order valence-electron chi connectivity index (χ3n) is 3.36. The summed E-state index contributed by atoms with van der Waals surface area (Å²) in [4.78, 5) is 24.9. The van der Waals surface area contributed by atoms with Crippen LogP contribution in [0.5, 0.6) is 0 Å². The summed E-state index contributed by atoms with van der Waals surface area (Å²) >= 11 is 1.62. The topological polar surface area (TPSA) is 71.3 Å². The summed E-state index contributed by atoms with van der Waals surface area (Å²) in [7, 11) is 0. The van der Waals surface area contributed by atoms with Gasteiger partial charge in [0.1, 0.15) is 0 Å². The number of rotatable bonds is 6. The minimum absolute atomic E-state index is 0.0317. The highest BCUT2D eigenvalue weighted by atomic mass is 32.1. The van der Waals surface area contributed by atoms with Crippen LogP contribution in [0.25, 0.3) is 0 Å². The van der Waals surface area contributed by atoms with E-state index in [1.165, 1.54) is 6.26 Å². The molecule has 0 spiro atoms. The van der Waals surface area contributed by atoms with Gasteiger partial charge in [-0.15, -0.1) is 11.3 Å². The average molecular weight is 340 g/mol. The first-order valence-electron chi connectivity index (χ1n) is 7.43. The maximum Gasteiger partial charge on any atom is 0.291 e. The molecule has 0 radical (unpaired) electrons. The van der Waals surface area contributed by atoms with E-state index < -0.39 is 0 Å². The lowest BCUT2D eigenvalue weighted by Crippen LogP contribution is -2.24. The molecule has 2 aromatic heterocycles. The number of hydrogen-bond acceptors (Lipinski definition) is 4. The van der Waals surface area contributed by atoms with Crippen molar-refractivity contribution < 1.29 is 14.0 Å². The van der Waals surface area contributed by atoms with E-state index in [1.807, 2.05) is 29.6 Å². The molecule has 122 valence electrons. The molecule has 1 aromatic carbocycles. The molecule has 0 aliphatic rings. The first-order chi connectivity index (χ1) is 11.7. The van der Waals surface area contributed by atoms with E-state index in [1.54, 1.807) is 35.6 Å². The average Bonchev–Trinajstić information content (AvgIpc) is 3.28. The first kappa shape index (κ1) is 16.0. The number of carbonyl (C=O) groups is 2. The Labute approximate surface area is 143 Å². The predicted molar refractivity (Wildman–Crippen MR) is 93.0 cm³/mol. The van der Waals surface area contributed by atoms with Crippen molar-refractivity contribution in [3.05, 3.63) is 76.4 Å². The number of carbonyl (C=O) groups excluding carboxylic acids is 2. The SMILES string of the molecule is O=C(Cc1ccc(NC(=O)c2ccco2)cc1)NCc1cccs1. The molecule has 5 nitrogen and oxygen atoms in total. The van der Waals surface area contributed by atoms with Crippen LogP contribution in [0.4, 0.5) is 5.69 Å². The standard InChI is InChI=1S/C18H16N2O3S/c21-17(19-12-15-3-2-10-24-15)11-13-5-7-14(8-6-13)20-18(22)16-4-1-9-23-16/h1-10H,11-12H2,(H,19,21)(H,20,22). The number of hydrogen-bond donors (Lipinski definition) is 2. The lowest BCUT2D eigenvalue weighted by atomic mass is 10.1. The molecule has 2 amide bonds. The molecule has 0 aliphatic carbocycles. The summed E-state index contributed by atoms with van der Waals surface area (Å²) in [5, 5.41) is 7.61. The molecule has 0 fully saturated rings. The van der Waals surface area contributed by atoms with Crippen LogP contribution in [0.2, 0.25) is 0 Å². The van der Waals surface area contributed by atoms with Gasteiger partial charge in [0, 0.05) is 10.6 Å². The Hall–Kier alpha value is -2.86. The Balaban J connectivity index is 1.50. The Morgan fingerprint density at radius 3 is 2.54 bits per heavy atom. The van der Waals surface area contributed by atoms with Crippen molar-refractivity contribution in [1.29, 1.82) is 0 Å². The van der Waals surface area contributed by atoms with E-state index in [0.29, 0.717) is 18.7 Å². The van der Waals surface area contributed by atoms with Gasteiger partial charge in [-0.1, -0.05) is 18.2 Å². The number of anilines is 1. The summed E-state index contributed by atoms with van der Waals surface area (Å²) in [6.45, 7) is 0.549. The molecule has 6 heteroatoms. The van der Waals surface area contributed by atoms with E-state index in [2.05, 4.69) is 10.6 Å². The second-order valence-electron chi connectivity index (χ2n) is 5.16. The number of amides is 2. The van der Waals surface area contributed by atoms with Crippen molar-refractivity contribution in [2.24, 2.45) is 0 Å². The second-order valence-corrected chi connectivity index (χ2v) is 6.19. The van der Waals surface area contributed by atoms with E-state index >= 15 is 0 Å². The van der Waals surface area contributed by atoms with Gasteiger partial charge in [-0.3, -0.25) is 9.59 Å².